The lowest BCUT2D eigenvalue weighted by atomic mass is 10.2. The molecule has 8 heteroatoms. The number of rotatable bonds is 4. The standard InChI is InChI=1S/C14H9BrClNO2S.C3H6O2/c15-13-9-17(14-7-6-10(16)8-12(13)14)20(18,19)11-4-2-1-3-5-11;1-2-5-3-4/h1-9H;3H,2H2,1H3. The highest BCUT2D eigenvalue weighted by molar-refractivity contribution is 9.10. The molecule has 2 aromatic carbocycles. The molecule has 0 unspecified atom stereocenters. The van der Waals surface area contributed by atoms with Crippen molar-refractivity contribution in [2.45, 2.75) is 11.8 Å². The van der Waals surface area contributed by atoms with E-state index in [1.54, 1.807) is 61.7 Å². The molecule has 0 radical (unpaired) electrons. The van der Waals surface area contributed by atoms with E-state index >= 15 is 0 Å². The summed E-state index contributed by atoms with van der Waals surface area (Å²) >= 11 is 9.32. The van der Waals surface area contributed by atoms with Gasteiger partial charge in [-0.1, -0.05) is 29.8 Å². The number of carbonyl (C=O) groups is 1. The van der Waals surface area contributed by atoms with Gasteiger partial charge in [0.05, 0.1) is 17.0 Å². The van der Waals surface area contributed by atoms with Crippen molar-refractivity contribution in [3.63, 3.8) is 0 Å². The number of aromatic nitrogens is 1. The Morgan fingerprint density at radius 2 is 1.88 bits per heavy atom. The molecule has 0 saturated carbocycles. The van der Waals surface area contributed by atoms with E-state index in [0.717, 1.165) is 5.39 Å². The van der Waals surface area contributed by atoms with Crippen molar-refractivity contribution < 1.29 is 17.9 Å². The normalized spacial score (nSPS) is 10.8. The topological polar surface area (TPSA) is 65.4 Å². The van der Waals surface area contributed by atoms with Gasteiger partial charge in [0.1, 0.15) is 0 Å². The minimum absolute atomic E-state index is 0.249. The number of carbonyl (C=O) groups excluding carboxylic acids is 1. The average molecular weight is 445 g/mol. The summed E-state index contributed by atoms with van der Waals surface area (Å²) in [6, 6.07) is 13.4. The fraction of sp³-hybridized carbons (Fsp3) is 0.118. The molecule has 3 aromatic rings. The first-order valence-corrected chi connectivity index (χ1v) is 9.85. The maximum absolute atomic E-state index is 12.7. The zero-order valence-corrected chi connectivity index (χ0v) is 16.4. The van der Waals surface area contributed by atoms with E-state index in [-0.39, 0.29) is 4.90 Å². The van der Waals surface area contributed by atoms with Gasteiger partial charge in [0.15, 0.2) is 0 Å². The molecule has 0 N–H and O–H groups in total. The third-order valence-electron chi connectivity index (χ3n) is 3.22. The van der Waals surface area contributed by atoms with Crippen LogP contribution in [0.1, 0.15) is 6.92 Å². The van der Waals surface area contributed by atoms with E-state index in [1.807, 2.05) is 0 Å². The number of benzene rings is 2. The molecule has 0 saturated heterocycles. The maximum atomic E-state index is 12.7. The van der Waals surface area contributed by atoms with E-state index in [1.165, 1.54) is 3.97 Å². The predicted molar refractivity (Wildman–Crippen MR) is 101 cm³/mol. The zero-order valence-electron chi connectivity index (χ0n) is 13.2. The van der Waals surface area contributed by atoms with Crippen LogP contribution < -0.4 is 0 Å². The third-order valence-corrected chi connectivity index (χ3v) is 5.77. The SMILES string of the molecule is CCOC=O.O=S(=O)(c1ccccc1)n1cc(Br)c2cc(Cl)ccc21. The van der Waals surface area contributed by atoms with Crippen LogP contribution in [-0.4, -0.2) is 25.5 Å². The number of hydrogen-bond acceptors (Lipinski definition) is 4. The molecule has 0 bridgehead atoms. The zero-order chi connectivity index (χ0) is 18.4. The molecule has 0 atom stereocenters. The molecule has 132 valence electrons. The van der Waals surface area contributed by atoms with Crippen LogP contribution in [0.2, 0.25) is 5.02 Å². The quantitative estimate of drug-likeness (QED) is 0.557. The number of nitrogens with zero attached hydrogens (tertiary/aromatic N) is 1. The van der Waals surface area contributed by atoms with Gasteiger partial charge < -0.3 is 4.74 Å². The minimum atomic E-state index is -3.61. The summed E-state index contributed by atoms with van der Waals surface area (Å²) in [4.78, 5) is 9.43. The Labute approximate surface area is 159 Å². The van der Waals surface area contributed by atoms with E-state index in [4.69, 9.17) is 11.6 Å². The fourth-order valence-electron chi connectivity index (χ4n) is 2.11. The van der Waals surface area contributed by atoms with Gasteiger partial charge in [0.25, 0.3) is 16.5 Å². The summed E-state index contributed by atoms with van der Waals surface area (Å²) in [5, 5.41) is 1.32. The largest absolute Gasteiger partial charge is 0.468 e. The maximum Gasteiger partial charge on any atom is 0.293 e. The molecule has 1 heterocycles. The van der Waals surface area contributed by atoms with Crippen molar-refractivity contribution >= 4 is 54.9 Å². The second kappa shape index (κ2) is 8.51. The Morgan fingerprint density at radius 3 is 2.44 bits per heavy atom. The van der Waals surface area contributed by atoms with Crippen molar-refractivity contribution in [3.05, 3.63) is 64.2 Å². The van der Waals surface area contributed by atoms with Gasteiger partial charge in [-0.3, -0.25) is 4.79 Å². The first kappa shape index (κ1) is 19.5. The smallest absolute Gasteiger partial charge is 0.293 e. The number of ether oxygens (including phenoxy) is 1. The van der Waals surface area contributed by atoms with Crippen molar-refractivity contribution in [3.8, 4) is 0 Å². The van der Waals surface area contributed by atoms with Crippen molar-refractivity contribution in [2.24, 2.45) is 0 Å². The molecule has 0 fully saturated rings. The first-order chi connectivity index (χ1) is 11.9. The molecule has 0 amide bonds. The summed E-state index contributed by atoms with van der Waals surface area (Å²) in [5.74, 6) is 0. The number of hydrogen-bond donors (Lipinski definition) is 0. The highest BCUT2D eigenvalue weighted by Gasteiger charge is 2.20. The van der Waals surface area contributed by atoms with Crippen LogP contribution in [0.4, 0.5) is 0 Å². The molecule has 3 rings (SSSR count). The summed E-state index contributed by atoms with van der Waals surface area (Å²) in [6.07, 6.45) is 1.54. The molecule has 1 aromatic heterocycles. The van der Waals surface area contributed by atoms with Crippen molar-refractivity contribution in [1.82, 2.24) is 3.97 Å². The Kier molecular flexibility index (Phi) is 6.64. The van der Waals surface area contributed by atoms with Crippen LogP contribution in [0.5, 0.6) is 0 Å². The third kappa shape index (κ3) is 4.42. The van der Waals surface area contributed by atoms with E-state index in [0.29, 0.717) is 28.1 Å². The van der Waals surface area contributed by atoms with E-state index in [9.17, 15) is 13.2 Å². The lowest BCUT2D eigenvalue weighted by molar-refractivity contribution is -0.128. The molecule has 0 aliphatic carbocycles. The summed E-state index contributed by atoms with van der Waals surface area (Å²) in [5.41, 5.74) is 0.588. The van der Waals surface area contributed by atoms with Crippen LogP contribution in [0.3, 0.4) is 0 Å². The fourth-order valence-corrected chi connectivity index (χ4v) is 4.33. The van der Waals surface area contributed by atoms with E-state index in [2.05, 4.69) is 20.7 Å². The monoisotopic (exact) mass is 443 g/mol. The van der Waals surface area contributed by atoms with Crippen LogP contribution in [0, 0.1) is 0 Å². The lowest BCUT2D eigenvalue weighted by Crippen LogP contribution is -2.11. The summed E-state index contributed by atoms with van der Waals surface area (Å²) in [6.45, 7) is 2.66. The second-order valence-electron chi connectivity index (χ2n) is 4.80. The Bertz CT molecular complexity index is 971. The van der Waals surface area contributed by atoms with Gasteiger partial charge in [0, 0.05) is 21.1 Å². The first-order valence-electron chi connectivity index (χ1n) is 7.23. The van der Waals surface area contributed by atoms with Crippen molar-refractivity contribution in [1.29, 1.82) is 0 Å². The van der Waals surface area contributed by atoms with Gasteiger partial charge in [-0.2, -0.15) is 0 Å². The number of fused-ring (bicyclic) bond motifs is 1. The van der Waals surface area contributed by atoms with Gasteiger partial charge in [-0.25, -0.2) is 12.4 Å². The van der Waals surface area contributed by atoms with Crippen LogP contribution in [-0.2, 0) is 19.6 Å². The van der Waals surface area contributed by atoms with Crippen LogP contribution in [0.25, 0.3) is 10.9 Å². The lowest BCUT2D eigenvalue weighted by Gasteiger charge is -2.07. The number of halogens is 2. The van der Waals surface area contributed by atoms with Gasteiger partial charge in [-0.15, -0.1) is 0 Å². The van der Waals surface area contributed by atoms with Crippen molar-refractivity contribution in [2.75, 3.05) is 6.61 Å². The molecule has 25 heavy (non-hydrogen) atoms. The van der Waals surface area contributed by atoms with Gasteiger partial charge in [0.2, 0.25) is 0 Å². The molecule has 5 nitrogen and oxygen atoms in total. The van der Waals surface area contributed by atoms with Crippen LogP contribution >= 0.6 is 27.5 Å². The Balaban J connectivity index is 0.000000399. The summed E-state index contributed by atoms with van der Waals surface area (Å²) < 4.78 is 31.4. The Hall–Kier alpha value is -1.83. The highest BCUT2D eigenvalue weighted by atomic mass is 79.9. The average Bonchev–Trinajstić information content (AvgIpc) is 2.94. The minimum Gasteiger partial charge on any atom is -0.468 e. The molecular weight excluding hydrogens is 430 g/mol. The predicted octanol–water partition coefficient (Wildman–Crippen LogP) is 4.47. The molecule has 0 aliphatic heterocycles. The highest BCUT2D eigenvalue weighted by Crippen LogP contribution is 2.31. The second-order valence-corrected chi connectivity index (χ2v) is 7.91. The van der Waals surface area contributed by atoms with Gasteiger partial charge in [-0.05, 0) is 53.2 Å². The molecular formula is C17H15BrClNO4S. The van der Waals surface area contributed by atoms with Gasteiger partial charge >= 0.3 is 0 Å². The molecule has 0 aliphatic rings. The summed E-state index contributed by atoms with van der Waals surface area (Å²) in [7, 11) is -3.61. The molecule has 0 spiro atoms. The van der Waals surface area contributed by atoms with E-state index < -0.39 is 10.0 Å². The van der Waals surface area contributed by atoms with Crippen LogP contribution in [0.15, 0.2) is 64.1 Å². The Morgan fingerprint density at radius 1 is 1.20 bits per heavy atom.